The highest BCUT2D eigenvalue weighted by Gasteiger charge is 2.28. The van der Waals surface area contributed by atoms with Crippen LogP contribution < -0.4 is 10.6 Å². The van der Waals surface area contributed by atoms with Gasteiger partial charge in [0.25, 0.3) is 0 Å². The van der Waals surface area contributed by atoms with Crippen LogP contribution in [0.5, 0.6) is 0 Å². The Balaban J connectivity index is 0.00000392. The second-order valence-electron chi connectivity index (χ2n) is 7.68. The summed E-state index contributed by atoms with van der Waals surface area (Å²) in [6.45, 7) is 9.04. The Kier molecular flexibility index (Phi) is 10.8. The van der Waals surface area contributed by atoms with Gasteiger partial charge in [-0.05, 0) is 33.0 Å². The maximum Gasteiger partial charge on any atom is 0.225 e. The summed E-state index contributed by atoms with van der Waals surface area (Å²) in [7, 11) is 4.17. The normalized spacial score (nSPS) is 18.2. The van der Waals surface area contributed by atoms with E-state index in [4.69, 9.17) is 4.99 Å². The molecule has 0 aliphatic carbocycles. The van der Waals surface area contributed by atoms with Crippen LogP contribution in [0.1, 0.15) is 38.8 Å². The van der Waals surface area contributed by atoms with Gasteiger partial charge in [-0.25, -0.2) is 0 Å². The summed E-state index contributed by atoms with van der Waals surface area (Å²) in [6.07, 6.45) is 0.957. The van der Waals surface area contributed by atoms with E-state index in [1.165, 1.54) is 5.56 Å². The molecule has 2 rings (SSSR count). The number of guanidine groups is 1. The third kappa shape index (κ3) is 7.24. The third-order valence-corrected chi connectivity index (χ3v) is 4.91. The lowest BCUT2D eigenvalue weighted by atomic mass is 10.1. The monoisotopic (exact) mass is 501 g/mol. The van der Waals surface area contributed by atoms with Crippen molar-refractivity contribution in [2.24, 2.45) is 10.9 Å². The number of hydrogen-bond donors (Lipinski definition) is 2. The molecule has 2 N–H and O–H groups in total. The van der Waals surface area contributed by atoms with E-state index in [1.807, 2.05) is 24.8 Å². The number of likely N-dealkylation sites (tertiary alicyclic amines) is 1. The zero-order valence-electron chi connectivity index (χ0n) is 17.8. The lowest BCUT2D eigenvalue weighted by Gasteiger charge is -2.24. The van der Waals surface area contributed by atoms with Crippen LogP contribution in [-0.2, 0) is 4.79 Å². The summed E-state index contributed by atoms with van der Waals surface area (Å²) in [6, 6.07) is 10.9. The highest BCUT2D eigenvalue weighted by molar-refractivity contribution is 14.0. The van der Waals surface area contributed by atoms with Crippen molar-refractivity contribution in [3.05, 3.63) is 35.9 Å². The van der Waals surface area contributed by atoms with Gasteiger partial charge in [0.2, 0.25) is 5.91 Å². The first-order valence-corrected chi connectivity index (χ1v) is 9.97. The molecule has 1 aromatic carbocycles. The Morgan fingerprint density at radius 2 is 1.96 bits per heavy atom. The molecule has 1 heterocycles. The molecule has 158 valence electrons. The van der Waals surface area contributed by atoms with Gasteiger partial charge < -0.3 is 20.4 Å². The molecule has 2 atom stereocenters. The average Bonchev–Trinajstić information content (AvgIpc) is 3.10. The van der Waals surface area contributed by atoms with Gasteiger partial charge in [-0.1, -0.05) is 44.2 Å². The van der Waals surface area contributed by atoms with E-state index in [1.54, 1.807) is 0 Å². The van der Waals surface area contributed by atoms with Gasteiger partial charge in [0, 0.05) is 31.6 Å². The maximum absolute atomic E-state index is 12.2. The SMILES string of the molecule is CCNC(=NCC(c1ccccc1)N(C)C)NC1CCN(C(=O)C(C)C)C1.I. The van der Waals surface area contributed by atoms with E-state index in [-0.39, 0.29) is 47.9 Å². The number of nitrogens with zero attached hydrogens (tertiary/aromatic N) is 3. The van der Waals surface area contributed by atoms with Gasteiger partial charge in [-0.2, -0.15) is 0 Å². The number of carbonyl (C=O) groups is 1. The first-order chi connectivity index (χ1) is 12.9. The predicted molar refractivity (Wildman–Crippen MR) is 127 cm³/mol. The molecule has 1 saturated heterocycles. The van der Waals surface area contributed by atoms with Crippen LogP contribution in [0.4, 0.5) is 0 Å². The Morgan fingerprint density at radius 1 is 1.29 bits per heavy atom. The Bertz CT molecular complexity index is 620. The highest BCUT2D eigenvalue weighted by Crippen LogP contribution is 2.18. The zero-order valence-corrected chi connectivity index (χ0v) is 20.1. The van der Waals surface area contributed by atoms with Gasteiger partial charge in [-0.15, -0.1) is 24.0 Å². The van der Waals surface area contributed by atoms with Gasteiger partial charge in [0.15, 0.2) is 5.96 Å². The molecule has 2 unspecified atom stereocenters. The van der Waals surface area contributed by atoms with Crippen LogP contribution in [0, 0.1) is 5.92 Å². The number of nitrogens with one attached hydrogen (secondary N) is 2. The molecule has 1 amide bonds. The Hall–Kier alpha value is -1.35. The second-order valence-corrected chi connectivity index (χ2v) is 7.68. The van der Waals surface area contributed by atoms with E-state index >= 15 is 0 Å². The molecule has 0 bridgehead atoms. The molecule has 0 saturated carbocycles. The van der Waals surface area contributed by atoms with Crippen molar-refractivity contribution >= 4 is 35.8 Å². The second kappa shape index (κ2) is 12.3. The van der Waals surface area contributed by atoms with Crippen LogP contribution in [0.3, 0.4) is 0 Å². The summed E-state index contributed by atoms with van der Waals surface area (Å²) in [5.41, 5.74) is 1.26. The van der Waals surface area contributed by atoms with Crippen molar-refractivity contribution in [2.75, 3.05) is 40.3 Å². The maximum atomic E-state index is 12.2. The first-order valence-electron chi connectivity index (χ1n) is 9.97. The van der Waals surface area contributed by atoms with Gasteiger partial charge in [0.05, 0.1) is 12.6 Å². The van der Waals surface area contributed by atoms with E-state index in [0.717, 1.165) is 32.0 Å². The number of benzene rings is 1. The molecular formula is C21H36IN5O. The number of aliphatic imine (C=N–C) groups is 1. The number of hydrogen-bond acceptors (Lipinski definition) is 3. The minimum absolute atomic E-state index is 0. The number of amides is 1. The number of halogens is 1. The Morgan fingerprint density at radius 3 is 2.54 bits per heavy atom. The molecule has 1 aromatic rings. The van der Waals surface area contributed by atoms with E-state index in [2.05, 4.69) is 60.8 Å². The number of rotatable bonds is 7. The summed E-state index contributed by atoms with van der Waals surface area (Å²) in [4.78, 5) is 21.2. The summed E-state index contributed by atoms with van der Waals surface area (Å²) >= 11 is 0. The van der Waals surface area contributed by atoms with Crippen molar-refractivity contribution in [1.29, 1.82) is 0 Å². The van der Waals surface area contributed by atoms with E-state index in [0.29, 0.717) is 6.54 Å². The first kappa shape index (κ1) is 24.7. The van der Waals surface area contributed by atoms with Crippen molar-refractivity contribution in [2.45, 2.75) is 39.3 Å². The molecule has 0 radical (unpaired) electrons. The zero-order chi connectivity index (χ0) is 19.8. The fourth-order valence-corrected chi connectivity index (χ4v) is 3.38. The van der Waals surface area contributed by atoms with Gasteiger partial charge in [-0.3, -0.25) is 9.79 Å². The van der Waals surface area contributed by atoms with Crippen LogP contribution in [0.2, 0.25) is 0 Å². The van der Waals surface area contributed by atoms with Crippen molar-refractivity contribution in [3.8, 4) is 0 Å². The highest BCUT2D eigenvalue weighted by atomic mass is 127. The lowest BCUT2D eigenvalue weighted by molar-refractivity contribution is -0.133. The topological polar surface area (TPSA) is 60.0 Å². The fraction of sp³-hybridized carbons (Fsp3) is 0.619. The molecule has 0 spiro atoms. The molecule has 0 aromatic heterocycles. The lowest BCUT2D eigenvalue weighted by Crippen LogP contribution is -2.45. The molecule has 6 nitrogen and oxygen atoms in total. The van der Waals surface area contributed by atoms with Crippen molar-refractivity contribution in [1.82, 2.24) is 20.4 Å². The quantitative estimate of drug-likeness (QED) is 0.343. The van der Waals surface area contributed by atoms with Crippen molar-refractivity contribution in [3.63, 3.8) is 0 Å². The Labute approximate surface area is 187 Å². The summed E-state index contributed by atoms with van der Waals surface area (Å²) in [5, 5.41) is 6.85. The van der Waals surface area contributed by atoms with E-state index < -0.39 is 0 Å². The largest absolute Gasteiger partial charge is 0.357 e. The fourth-order valence-electron chi connectivity index (χ4n) is 3.38. The minimum Gasteiger partial charge on any atom is -0.357 e. The standard InChI is InChI=1S/C21H35N5O.HI/c1-6-22-21(24-18-12-13-26(15-18)20(27)16(2)3)23-14-19(25(4)5)17-10-8-7-9-11-17;/h7-11,16,18-19H,6,12-15H2,1-5H3,(H2,22,23,24);1H. The average molecular weight is 501 g/mol. The van der Waals surface area contributed by atoms with Crippen LogP contribution >= 0.6 is 24.0 Å². The summed E-state index contributed by atoms with van der Waals surface area (Å²) in [5.74, 6) is 1.11. The third-order valence-electron chi connectivity index (χ3n) is 4.91. The molecule has 28 heavy (non-hydrogen) atoms. The predicted octanol–water partition coefficient (Wildman–Crippen LogP) is 2.72. The molecule has 1 fully saturated rings. The van der Waals surface area contributed by atoms with Crippen LogP contribution in [0.25, 0.3) is 0 Å². The molecule has 7 heteroatoms. The number of likely N-dealkylation sites (N-methyl/N-ethyl adjacent to an activating group) is 1. The number of carbonyl (C=O) groups excluding carboxylic acids is 1. The minimum atomic E-state index is 0. The van der Waals surface area contributed by atoms with Crippen molar-refractivity contribution < 1.29 is 4.79 Å². The molecule has 1 aliphatic rings. The van der Waals surface area contributed by atoms with E-state index in [9.17, 15) is 4.79 Å². The van der Waals surface area contributed by atoms with Gasteiger partial charge in [0.1, 0.15) is 0 Å². The van der Waals surface area contributed by atoms with Crippen LogP contribution in [-0.4, -0.2) is 68.0 Å². The smallest absolute Gasteiger partial charge is 0.225 e. The van der Waals surface area contributed by atoms with Gasteiger partial charge >= 0.3 is 0 Å². The molecule has 1 aliphatic heterocycles. The van der Waals surface area contributed by atoms with Crippen LogP contribution in [0.15, 0.2) is 35.3 Å². The summed E-state index contributed by atoms with van der Waals surface area (Å²) < 4.78 is 0. The molecular weight excluding hydrogens is 465 g/mol.